The molecule has 1 unspecified atom stereocenters. The highest BCUT2D eigenvalue weighted by molar-refractivity contribution is 5.98. The molecule has 3 rings (SSSR count). The first-order valence-corrected chi connectivity index (χ1v) is 7.85. The van der Waals surface area contributed by atoms with Crippen LogP contribution in [0.25, 0.3) is 6.08 Å². The number of carboxylic acid groups (broad SMARTS) is 1. The fourth-order valence-corrected chi connectivity index (χ4v) is 3.29. The molecule has 126 valence electrons. The SMILES string of the molecule is CN1CCC2(CCC1=O)Cc1cc(/C=C/C(=O)O)cnc1NC2=O. The summed E-state index contributed by atoms with van der Waals surface area (Å²) in [6.45, 7) is 0.549. The highest BCUT2D eigenvalue weighted by Crippen LogP contribution is 2.41. The van der Waals surface area contributed by atoms with Crippen molar-refractivity contribution in [3.05, 3.63) is 29.5 Å². The van der Waals surface area contributed by atoms with Crippen molar-refractivity contribution in [2.75, 3.05) is 18.9 Å². The van der Waals surface area contributed by atoms with Gasteiger partial charge in [0, 0.05) is 32.3 Å². The Morgan fingerprint density at radius 2 is 2.21 bits per heavy atom. The molecule has 2 aliphatic rings. The smallest absolute Gasteiger partial charge is 0.328 e. The number of aliphatic carboxylic acids is 1. The first-order valence-electron chi connectivity index (χ1n) is 7.85. The lowest BCUT2D eigenvalue weighted by molar-refractivity contribution is -0.131. The molecule has 1 spiro atoms. The van der Waals surface area contributed by atoms with Crippen LogP contribution in [0, 0.1) is 5.41 Å². The van der Waals surface area contributed by atoms with Crippen LogP contribution in [-0.4, -0.2) is 46.4 Å². The number of nitrogens with zero attached hydrogens (tertiary/aromatic N) is 2. The summed E-state index contributed by atoms with van der Waals surface area (Å²) in [6.07, 6.45) is 6.04. The summed E-state index contributed by atoms with van der Waals surface area (Å²) < 4.78 is 0. The minimum atomic E-state index is -1.03. The highest BCUT2D eigenvalue weighted by Gasteiger charge is 2.44. The van der Waals surface area contributed by atoms with Gasteiger partial charge in [-0.3, -0.25) is 9.59 Å². The summed E-state index contributed by atoms with van der Waals surface area (Å²) in [5.74, 6) is -0.536. The van der Waals surface area contributed by atoms with Crippen LogP contribution < -0.4 is 5.32 Å². The Kier molecular flexibility index (Phi) is 4.09. The first-order chi connectivity index (χ1) is 11.4. The Morgan fingerprint density at radius 3 is 2.96 bits per heavy atom. The van der Waals surface area contributed by atoms with Gasteiger partial charge in [-0.15, -0.1) is 0 Å². The number of carbonyl (C=O) groups is 3. The van der Waals surface area contributed by atoms with Gasteiger partial charge < -0.3 is 15.3 Å². The van der Waals surface area contributed by atoms with Crippen LogP contribution in [-0.2, 0) is 20.8 Å². The molecule has 1 saturated heterocycles. The van der Waals surface area contributed by atoms with Crippen molar-refractivity contribution in [2.24, 2.45) is 5.41 Å². The standard InChI is InChI=1S/C17H19N3O4/c1-20-7-6-17(5-4-13(20)21)9-12-8-11(2-3-14(22)23)10-18-15(12)19-16(17)24/h2-3,8,10H,4-7,9H2,1H3,(H,22,23)(H,18,19,24)/b3-2+. The average Bonchev–Trinajstić information content (AvgIpc) is 2.69. The van der Waals surface area contributed by atoms with E-state index in [4.69, 9.17) is 5.11 Å². The van der Waals surface area contributed by atoms with Crippen LogP contribution in [0.15, 0.2) is 18.3 Å². The second-order valence-corrected chi connectivity index (χ2v) is 6.42. The number of anilines is 1. The van der Waals surface area contributed by atoms with Crippen LogP contribution in [0.5, 0.6) is 0 Å². The lowest BCUT2D eigenvalue weighted by Gasteiger charge is -2.35. The van der Waals surface area contributed by atoms with Crippen molar-refractivity contribution in [1.82, 2.24) is 9.88 Å². The van der Waals surface area contributed by atoms with E-state index in [1.54, 1.807) is 11.9 Å². The monoisotopic (exact) mass is 329 g/mol. The molecule has 2 N–H and O–H groups in total. The number of rotatable bonds is 2. The average molecular weight is 329 g/mol. The van der Waals surface area contributed by atoms with E-state index in [-0.39, 0.29) is 11.8 Å². The maximum atomic E-state index is 12.6. The number of nitrogens with one attached hydrogen (secondary N) is 1. The van der Waals surface area contributed by atoms with Crippen molar-refractivity contribution < 1.29 is 19.5 Å². The van der Waals surface area contributed by atoms with Crippen LogP contribution in [0.1, 0.15) is 30.4 Å². The van der Waals surface area contributed by atoms with Crippen LogP contribution in [0.2, 0.25) is 0 Å². The number of carbonyl (C=O) groups excluding carboxylic acids is 2. The molecule has 0 aliphatic carbocycles. The second-order valence-electron chi connectivity index (χ2n) is 6.42. The van der Waals surface area contributed by atoms with E-state index in [0.29, 0.717) is 43.6 Å². The maximum Gasteiger partial charge on any atom is 0.328 e. The molecule has 24 heavy (non-hydrogen) atoms. The number of fused-ring (bicyclic) bond motifs is 1. The predicted octanol–water partition coefficient (Wildman–Crippen LogP) is 1.30. The number of likely N-dealkylation sites (tertiary alicyclic amines) is 1. The molecule has 0 radical (unpaired) electrons. The third kappa shape index (κ3) is 3.02. The number of amides is 2. The molecule has 0 saturated carbocycles. The van der Waals surface area contributed by atoms with Gasteiger partial charge in [-0.1, -0.05) is 0 Å². The van der Waals surface area contributed by atoms with Crippen molar-refractivity contribution in [2.45, 2.75) is 25.7 Å². The van der Waals surface area contributed by atoms with E-state index >= 15 is 0 Å². The minimum Gasteiger partial charge on any atom is -0.478 e. The number of hydrogen-bond donors (Lipinski definition) is 2. The zero-order chi connectivity index (χ0) is 17.3. The van der Waals surface area contributed by atoms with Gasteiger partial charge in [0.25, 0.3) is 0 Å². The zero-order valence-corrected chi connectivity index (χ0v) is 13.4. The van der Waals surface area contributed by atoms with Gasteiger partial charge in [0.05, 0.1) is 5.41 Å². The van der Waals surface area contributed by atoms with Gasteiger partial charge >= 0.3 is 5.97 Å². The fraction of sp³-hybridized carbons (Fsp3) is 0.412. The summed E-state index contributed by atoms with van der Waals surface area (Å²) in [7, 11) is 1.76. The molecule has 3 heterocycles. The summed E-state index contributed by atoms with van der Waals surface area (Å²) in [5, 5.41) is 11.6. The van der Waals surface area contributed by atoms with Crippen LogP contribution in [0.3, 0.4) is 0 Å². The van der Waals surface area contributed by atoms with Gasteiger partial charge in [0.2, 0.25) is 11.8 Å². The lowest BCUT2D eigenvalue weighted by Crippen LogP contribution is -2.42. The predicted molar refractivity (Wildman–Crippen MR) is 87.2 cm³/mol. The topological polar surface area (TPSA) is 99.6 Å². The molecule has 0 aromatic carbocycles. The van der Waals surface area contributed by atoms with E-state index in [0.717, 1.165) is 11.6 Å². The van der Waals surface area contributed by atoms with E-state index in [9.17, 15) is 14.4 Å². The summed E-state index contributed by atoms with van der Waals surface area (Å²) in [6, 6.07) is 1.85. The van der Waals surface area contributed by atoms with E-state index < -0.39 is 11.4 Å². The van der Waals surface area contributed by atoms with Gasteiger partial charge in [-0.25, -0.2) is 9.78 Å². The molecule has 1 aromatic rings. The zero-order valence-electron chi connectivity index (χ0n) is 13.4. The van der Waals surface area contributed by atoms with Crippen molar-refractivity contribution in [3.63, 3.8) is 0 Å². The molecule has 2 amide bonds. The molecule has 2 aliphatic heterocycles. The van der Waals surface area contributed by atoms with Gasteiger partial charge in [-0.2, -0.15) is 0 Å². The largest absolute Gasteiger partial charge is 0.478 e. The number of hydrogen-bond acceptors (Lipinski definition) is 4. The molecule has 7 nitrogen and oxygen atoms in total. The van der Waals surface area contributed by atoms with Crippen molar-refractivity contribution >= 4 is 29.7 Å². The van der Waals surface area contributed by atoms with E-state index in [2.05, 4.69) is 10.3 Å². The summed E-state index contributed by atoms with van der Waals surface area (Å²) >= 11 is 0. The second kappa shape index (κ2) is 6.07. The quantitative estimate of drug-likeness (QED) is 0.797. The first kappa shape index (κ1) is 16.2. The molecule has 7 heteroatoms. The number of aromatic nitrogens is 1. The Hall–Kier alpha value is -2.70. The van der Waals surface area contributed by atoms with Gasteiger partial charge in [0.1, 0.15) is 5.82 Å². The molecule has 1 fully saturated rings. The Balaban J connectivity index is 1.90. The van der Waals surface area contributed by atoms with Crippen LogP contribution in [0.4, 0.5) is 5.82 Å². The minimum absolute atomic E-state index is 0.0572. The molecule has 1 aromatic heterocycles. The molecular formula is C17H19N3O4. The van der Waals surface area contributed by atoms with Crippen molar-refractivity contribution in [1.29, 1.82) is 0 Å². The lowest BCUT2D eigenvalue weighted by atomic mass is 9.73. The van der Waals surface area contributed by atoms with Gasteiger partial charge in [-0.05, 0) is 42.5 Å². The van der Waals surface area contributed by atoms with E-state index in [1.165, 1.54) is 12.3 Å². The fourth-order valence-electron chi connectivity index (χ4n) is 3.29. The normalized spacial score (nSPS) is 24.0. The molecule has 1 atom stereocenters. The number of pyridine rings is 1. The Labute approximate surface area is 139 Å². The third-order valence-corrected chi connectivity index (χ3v) is 4.82. The summed E-state index contributed by atoms with van der Waals surface area (Å²) in [5.41, 5.74) is 0.938. The van der Waals surface area contributed by atoms with E-state index in [1.807, 2.05) is 6.07 Å². The third-order valence-electron chi connectivity index (χ3n) is 4.82. The van der Waals surface area contributed by atoms with Gasteiger partial charge in [0.15, 0.2) is 0 Å². The number of carboxylic acids is 1. The summed E-state index contributed by atoms with van der Waals surface area (Å²) in [4.78, 5) is 41.1. The van der Waals surface area contributed by atoms with Crippen LogP contribution >= 0.6 is 0 Å². The Morgan fingerprint density at radius 1 is 1.42 bits per heavy atom. The maximum absolute atomic E-state index is 12.6. The highest BCUT2D eigenvalue weighted by atomic mass is 16.4. The molecular weight excluding hydrogens is 310 g/mol. The van der Waals surface area contributed by atoms with Crippen molar-refractivity contribution in [3.8, 4) is 0 Å². The Bertz CT molecular complexity index is 743. The molecule has 0 bridgehead atoms.